The standard InChI is InChI=1S/C18H33N3O2.C10H10F6/c1-21(13-14-5-10-23-11-6-14)16-2-7-18(12-16,17(19)22)15-3-8-20-9-4-15;1-3-8(10(14,15)16)6-7(2)4-5-9(11,12)13/h14-16,20H,2-13H2,1H3,(H2,19,22);3-4,6H,1,5H2,2H3/b;7-4-,8-6+. The predicted molar refractivity (Wildman–Crippen MR) is 140 cm³/mol. The molecule has 2 aliphatic heterocycles. The number of hydrogen-bond donors (Lipinski definition) is 2. The topological polar surface area (TPSA) is 67.6 Å². The van der Waals surface area contributed by atoms with E-state index in [0.29, 0.717) is 30.2 Å². The van der Waals surface area contributed by atoms with Gasteiger partial charge in [-0.25, -0.2) is 0 Å². The second-order valence-electron chi connectivity index (χ2n) is 11.0. The summed E-state index contributed by atoms with van der Waals surface area (Å²) in [5.74, 6) is 1.17. The van der Waals surface area contributed by atoms with E-state index < -0.39 is 24.3 Å². The number of halogens is 6. The highest BCUT2D eigenvalue weighted by molar-refractivity contribution is 5.81. The lowest BCUT2D eigenvalue weighted by Crippen LogP contribution is -2.47. The van der Waals surface area contributed by atoms with E-state index in [2.05, 4.69) is 23.8 Å². The van der Waals surface area contributed by atoms with E-state index >= 15 is 0 Å². The van der Waals surface area contributed by atoms with Crippen molar-refractivity contribution in [2.45, 2.75) is 76.7 Å². The number of ether oxygens (including phenoxy) is 1. The molecule has 3 aliphatic rings. The van der Waals surface area contributed by atoms with Crippen LogP contribution < -0.4 is 11.1 Å². The number of rotatable bonds is 8. The summed E-state index contributed by atoms with van der Waals surface area (Å²) in [6, 6.07) is 0.514. The minimum absolute atomic E-state index is 0.0497. The maximum atomic E-state index is 12.3. The number of piperidine rings is 1. The van der Waals surface area contributed by atoms with Gasteiger partial charge in [-0.15, -0.1) is 0 Å². The van der Waals surface area contributed by atoms with Crippen molar-refractivity contribution in [1.29, 1.82) is 0 Å². The van der Waals surface area contributed by atoms with Gasteiger partial charge in [0, 0.05) is 25.8 Å². The lowest BCUT2D eigenvalue weighted by Gasteiger charge is -2.38. The number of allylic oxidation sites excluding steroid dienone is 5. The number of amides is 1. The Labute approximate surface area is 227 Å². The van der Waals surface area contributed by atoms with Gasteiger partial charge in [-0.1, -0.05) is 24.3 Å². The monoisotopic (exact) mass is 567 g/mol. The van der Waals surface area contributed by atoms with Crippen molar-refractivity contribution in [3.05, 3.63) is 36.0 Å². The third-order valence-corrected chi connectivity index (χ3v) is 8.23. The van der Waals surface area contributed by atoms with Crippen LogP contribution in [0.15, 0.2) is 36.0 Å². The molecule has 5 nitrogen and oxygen atoms in total. The largest absolute Gasteiger partial charge is 0.416 e. The molecule has 2 saturated heterocycles. The molecule has 2 heterocycles. The molecule has 1 aliphatic carbocycles. The molecule has 11 heteroatoms. The fourth-order valence-corrected chi connectivity index (χ4v) is 5.92. The minimum Gasteiger partial charge on any atom is -0.381 e. The number of nitrogens with two attached hydrogens (primary N) is 1. The average Bonchev–Trinajstić information content (AvgIpc) is 3.34. The van der Waals surface area contributed by atoms with Gasteiger partial charge in [0.25, 0.3) is 0 Å². The van der Waals surface area contributed by atoms with Crippen LogP contribution in [0.25, 0.3) is 0 Å². The van der Waals surface area contributed by atoms with E-state index in [1.165, 1.54) is 19.8 Å². The molecule has 39 heavy (non-hydrogen) atoms. The summed E-state index contributed by atoms with van der Waals surface area (Å²) in [6.45, 7) is 9.13. The van der Waals surface area contributed by atoms with Gasteiger partial charge in [0.2, 0.25) is 5.91 Å². The Kier molecular flexibility index (Phi) is 12.6. The Bertz CT molecular complexity index is 858. The van der Waals surface area contributed by atoms with Crippen molar-refractivity contribution < 1.29 is 35.9 Å². The van der Waals surface area contributed by atoms with Crippen molar-refractivity contribution in [2.24, 2.45) is 23.0 Å². The molecular weight excluding hydrogens is 524 g/mol. The van der Waals surface area contributed by atoms with E-state index in [-0.39, 0.29) is 16.9 Å². The van der Waals surface area contributed by atoms with E-state index in [1.807, 2.05) is 0 Å². The number of hydrogen-bond acceptors (Lipinski definition) is 4. The second kappa shape index (κ2) is 14.7. The van der Waals surface area contributed by atoms with Crippen LogP contribution in [0.2, 0.25) is 0 Å². The van der Waals surface area contributed by atoms with E-state index in [0.717, 1.165) is 70.9 Å². The molecule has 0 radical (unpaired) electrons. The number of carbonyl (C=O) groups excluding carboxylic acids is 1. The van der Waals surface area contributed by atoms with Crippen LogP contribution in [0.3, 0.4) is 0 Å². The fraction of sp³-hybridized carbons (Fsp3) is 0.750. The zero-order valence-corrected chi connectivity index (χ0v) is 23.0. The Morgan fingerprint density at radius 1 is 1.10 bits per heavy atom. The van der Waals surface area contributed by atoms with Crippen LogP contribution in [-0.2, 0) is 9.53 Å². The average molecular weight is 568 g/mol. The van der Waals surface area contributed by atoms with Crippen LogP contribution >= 0.6 is 0 Å². The Morgan fingerprint density at radius 3 is 2.23 bits per heavy atom. The summed E-state index contributed by atoms with van der Waals surface area (Å²) < 4.78 is 77.2. The highest BCUT2D eigenvalue weighted by atomic mass is 19.4. The summed E-state index contributed by atoms with van der Waals surface area (Å²) in [6.07, 6.45) is -0.792. The van der Waals surface area contributed by atoms with Gasteiger partial charge in [0.15, 0.2) is 0 Å². The van der Waals surface area contributed by atoms with Crippen LogP contribution in [0.4, 0.5) is 26.3 Å². The van der Waals surface area contributed by atoms with Crippen LogP contribution in [-0.4, -0.2) is 69.1 Å². The molecular formula is C28H43F6N3O2. The third-order valence-electron chi connectivity index (χ3n) is 8.23. The maximum absolute atomic E-state index is 12.3. The molecule has 3 fully saturated rings. The van der Waals surface area contributed by atoms with Crippen LogP contribution in [0, 0.1) is 17.3 Å². The molecule has 3 N–H and O–H groups in total. The van der Waals surface area contributed by atoms with Crippen LogP contribution in [0.1, 0.15) is 58.3 Å². The third kappa shape index (κ3) is 10.6. The summed E-state index contributed by atoms with van der Waals surface area (Å²) in [5, 5.41) is 3.41. The minimum atomic E-state index is -4.60. The molecule has 224 valence electrons. The Hall–Kier alpha value is -1.85. The molecule has 3 rings (SSSR count). The van der Waals surface area contributed by atoms with Gasteiger partial charge >= 0.3 is 12.4 Å². The van der Waals surface area contributed by atoms with Gasteiger partial charge in [0.1, 0.15) is 0 Å². The predicted octanol–water partition coefficient (Wildman–Crippen LogP) is 5.93. The van der Waals surface area contributed by atoms with Gasteiger partial charge in [-0.2, -0.15) is 26.3 Å². The summed E-state index contributed by atoms with van der Waals surface area (Å²) in [7, 11) is 2.24. The first-order valence-corrected chi connectivity index (χ1v) is 13.6. The maximum Gasteiger partial charge on any atom is 0.416 e. The molecule has 0 aromatic rings. The zero-order chi connectivity index (χ0) is 29.3. The quantitative estimate of drug-likeness (QED) is 0.282. The van der Waals surface area contributed by atoms with Crippen molar-refractivity contribution in [3.63, 3.8) is 0 Å². The molecule has 2 unspecified atom stereocenters. The number of alkyl halides is 6. The molecule has 1 amide bonds. The summed E-state index contributed by atoms with van der Waals surface area (Å²) >= 11 is 0. The van der Waals surface area contributed by atoms with Crippen molar-refractivity contribution >= 4 is 5.91 Å². The van der Waals surface area contributed by atoms with Gasteiger partial charge in [0.05, 0.1) is 17.4 Å². The van der Waals surface area contributed by atoms with E-state index in [1.54, 1.807) is 0 Å². The summed E-state index contributed by atoms with van der Waals surface area (Å²) in [5.41, 5.74) is 4.49. The Balaban J connectivity index is 0.000000295. The van der Waals surface area contributed by atoms with Crippen LogP contribution in [0.5, 0.6) is 0 Å². The van der Waals surface area contributed by atoms with E-state index in [4.69, 9.17) is 10.5 Å². The van der Waals surface area contributed by atoms with E-state index in [9.17, 15) is 31.1 Å². The Morgan fingerprint density at radius 2 is 1.72 bits per heavy atom. The molecule has 0 bridgehead atoms. The normalized spacial score (nSPS) is 26.3. The first-order chi connectivity index (χ1) is 18.2. The van der Waals surface area contributed by atoms with Gasteiger partial charge in [-0.3, -0.25) is 4.79 Å². The molecule has 0 aromatic heterocycles. The number of nitrogens with one attached hydrogen (secondary N) is 1. The highest BCUT2D eigenvalue weighted by Crippen LogP contribution is 2.48. The lowest BCUT2D eigenvalue weighted by atomic mass is 9.69. The van der Waals surface area contributed by atoms with Gasteiger partial charge in [-0.05, 0) is 89.9 Å². The van der Waals surface area contributed by atoms with Crippen molar-refractivity contribution in [3.8, 4) is 0 Å². The second-order valence-corrected chi connectivity index (χ2v) is 11.0. The molecule has 1 saturated carbocycles. The molecule has 0 aromatic carbocycles. The number of nitrogens with zero attached hydrogens (tertiary/aromatic N) is 1. The highest BCUT2D eigenvalue weighted by Gasteiger charge is 2.50. The van der Waals surface area contributed by atoms with Crippen molar-refractivity contribution in [1.82, 2.24) is 10.2 Å². The smallest absolute Gasteiger partial charge is 0.381 e. The fourth-order valence-electron chi connectivity index (χ4n) is 5.92. The number of carbonyl (C=O) groups is 1. The first-order valence-electron chi connectivity index (χ1n) is 13.6. The lowest BCUT2D eigenvalue weighted by molar-refractivity contribution is -0.131. The first kappa shape index (κ1) is 33.4. The summed E-state index contributed by atoms with van der Waals surface area (Å²) in [4.78, 5) is 14.8. The van der Waals surface area contributed by atoms with Gasteiger partial charge < -0.3 is 20.7 Å². The zero-order valence-electron chi connectivity index (χ0n) is 23.0. The number of primary amides is 1. The SMILES string of the molecule is C=C/C(=C\C(C)=C/CC(F)(F)F)C(F)(F)F.CN(CC1CCOCC1)C1CCC(C(N)=O)(C2CCNCC2)C1. The molecule has 0 spiro atoms. The molecule has 2 atom stereocenters. The van der Waals surface area contributed by atoms with Crippen molar-refractivity contribution in [2.75, 3.05) is 39.9 Å².